The molecule has 1 aliphatic heterocycles. The van der Waals surface area contributed by atoms with Crippen molar-refractivity contribution in [2.45, 2.75) is 32.4 Å². The number of para-hydroxylation sites is 1. The molecule has 3 nitrogen and oxygen atoms in total. The van der Waals surface area contributed by atoms with Gasteiger partial charge in [0.1, 0.15) is 0 Å². The molecule has 1 aromatic carbocycles. The summed E-state index contributed by atoms with van der Waals surface area (Å²) in [5, 5.41) is 5.42. The van der Waals surface area contributed by atoms with Crippen molar-refractivity contribution in [3.63, 3.8) is 0 Å². The molecule has 21 heavy (non-hydrogen) atoms. The van der Waals surface area contributed by atoms with Gasteiger partial charge in [-0.3, -0.25) is 4.90 Å². The number of halogens is 1. The minimum Gasteiger partial charge on any atom is -0.315 e. The van der Waals surface area contributed by atoms with E-state index in [9.17, 15) is 0 Å². The normalized spacial score (nSPS) is 19.3. The first-order valence-electron chi connectivity index (χ1n) is 7.61. The highest BCUT2D eigenvalue weighted by molar-refractivity contribution is 6.32. The van der Waals surface area contributed by atoms with Crippen molar-refractivity contribution in [1.29, 1.82) is 0 Å². The second kappa shape index (κ2) is 6.30. The minimum absolute atomic E-state index is 0.573. The van der Waals surface area contributed by atoms with Gasteiger partial charge < -0.3 is 5.32 Å². The Morgan fingerprint density at radius 1 is 1.38 bits per heavy atom. The second-order valence-electron chi connectivity index (χ2n) is 5.93. The monoisotopic (exact) mass is 303 g/mol. The van der Waals surface area contributed by atoms with Crippen LogP contribution in [0.2, 0.25) is 5.02 Å². The summed E-state index contributed by atoms with van der Waals surface area (Å²) in [5.41, 5.74) is 3.15. The lowest BCUT2D eigenvalue weighted by molar-refractivity contribution is 0.194. The van der Waals surface area contributed by atoms with Crippen LogP contribution in [-0.2, 0) is 6.54 Å². The molecule has 0 bridgehead atoms. The van der Waals surface area contributed by atoms with Crippen molar-refractivity contribution in [2.75, 3.05) is 20.1 Å². The first kappa shape index (κ1) is 14.8. The minimum atomic E-state index is 0.573. The number of aryl methyl sites for hydroxylation is 1. The Balaban J connectivity index is 1.87. The van der Waals surface area contributed by atoms with E-state index in [1.54, 1.807) is 0 Å². The number of likely N-dealkylation sites (N-methyl/N-ethyl adjacent to an activating group) is 1. The van der Waals surface area contributed by atoms with E-state index < -0.39 is 0 Å². The number of benzene rings is 1. The molecule has 3 rings (SSSR count). The number of pyridine rings is 1. The maximum atomic E-state index is 6.55. The van der Waals surface area contributed by atoms with Gasteiger partial charge in [-0.2, -0.15) is 0 Å². The Morgan fingerprint density at radius 3 is 2.95 bits per heavy atom. The van der Waals surface area contributed by atoms with Crippen molar-refractivity contribution in [3.8, 4) is 0 Å². The zero-order valence-corrected chi connectivity index (χ0v) is 13.5. The van der Waals surface area contributed by atoms with Gasteiger partial charge in [0.2, 0.25) is 0 Å². The standard InChI is InChI=1S/C17H22ClN3/c1-12-14-7-3-4-8-15(14)20-16(17(12)18)11-21(2)13-6-5-9-19-10-13/h3-4,7-8,13,19H,5-6,9-11H2,1-2H3. The fourth-order valence-electron chi connectivity index (χ4n) is 3.10. The van der Waals surface area contributed by atoms with E-state index in [0.29, 0.717) is 6.04 Å². The highest BCUT2D eigenvalue weighted by Crippen LogP contribution is 2.28. The topological polar surface area (TPSA) is 28.2 Å². The van der Waals surface area contributed by atoms with Gasteiger partial charge in [-0.05, 0) is 45.0 Å². The SMILES string of the molecule is Cc1c(Cl)c(CN(C)C2CCCNC2)nc2ccccc12. The van der Waals surface area contributed by atoms with E-state index >= 15 is 0 Å². The molecule has 0 spiro atoms. The molecule has 1 saturated heterocycles. The quantitative estimate of drug-likeness (QED) is 0.942. The summed E-state index contributed by atoms with van der Waals surface area (Å²) in [6.45, 7) is 5.08. The molecule has 2 aromatic rings. The first-order chi connectivity index (χ1) is 10.2. The van der Waals surface area contributed by atoms with Crippen molar-refractivity contribution in [3.05, 3.63) is 40.5 Å². The molecule has 4 heteroatoms. The number of nitrogens with one attached hydrogen (secondary N) is 1. The Morgan fingerprint density at radius 2 is 2.19 bits per heavy atom. The molecule has 1 atom stereocenters. The van der Waals surface area contributed by atoms with Gasteiger partial charge in [-0.15, -0.1) is 0 Å². The third kappa shape index (κ3) is 3.05. The zero-order valence-electron chi connectivity index (χ0n) is 12.7. The van der Waals surface area contributed by atoms with Crippen LogP contribution < -0.4 is 5.32 Å². The smallest absolute Gasteiger partial charge is 0.0740 e. The Kier molecular flexibility index (Phi) is 4.43. The van der Waals surface area contributed by atoms with Crippen LogP contribution in [0, 0.1) is 6.92 Å². The van der Waals surface area contributed by atoms with Crippen LogP contribution in [0.5, 0.6) is 0 Å². The van der Waals surface area contributed by atoms with E-state index in [1.807, 2.05) is 12.1 Å². The van der Waals surface area contributed by atoms with Gasteiger partial charge in [-0.25, -0.2) is 4.98 Å². The number of hydrogen-bond donors (Lipinski definition) is 1. The lowest BCUT2D eigenvalue weighted by Crippen LogP contribution is -2.43. The number of aromatic nitrogens is 1. The average Bonchev–Trinajstić information content (AvgIpc) is 2.53. The van der Waals surface area contributed by atoms with Gasteiger partial charge in [0.15, 0.2) is 0 Å². The van der Waals surface area contributed by atoms with E-state index in [0.717, 1.165) is 46.8 Å². The van der Waals surface area contributed by atoms with E-state index in [1.165, 1.54) is 12.8 Å². The maximum Gasteiger partial charge on any atom is 0.0740 e. The number of piperidine rings is 1. The molecule has 1 N–H and O–H groups in total. The van der Waals surface area contributed by atoms with Gasteiger partial charge in [0.05, 0.1) is 16.2 Å². The Labute approximate surface area is 131 Å². The van der Waals surface area contributed by atoms with Crippen LogP contribution in [0.3, 0.4) is 0 Å². The molecule has 1 fully saturated rings. The molecule has 0 saturated carbocycles. The zero-order chi connectivity index (χ0) is 14.8. The predicted octanol–water partition coefficient (Wildman–Crippen LogP) is 3.38. The molecule has 1 aliphatic rings. The van der Waals surface area contributed by atoms with Gasteiger partial charge in [0.25, 0.3) is 0 Å². The molecule has 0 amide bonds. The average molecular weight is 304 g/mol. The van der Waals surface area contributed by atoms with E-state index in [4.69, 9.17) is 16.6 Å². The lowest BCUT2D eigenvalue weighted by atomic mass is 10.1. The Hall–Kier alpha value is -1.16. The van der Waals surface area contributed by atoms with Gasteiger partial charge >= 0.3 is 0 Å². The molecular formula is C17H22ClN3. The summed E-state index contributed by atoms with van der Waals surface area (Å²) in [6.07, 6.45) is 2.49. The lowest BCUT2D eigenvalue weighted by Gasteiger charge is -2.31. The van der Waals surface area contributed by atoms with Crippen LogP contribution in [0.4, 0.5) is 0 Å². The van der Waals surface area contributed by atoms with Crippen LogP contribution in [0.25, 0.3) is 10.9 Å². The fourth-order valence-corrected chi connectivity index (χ4v) is 3.30. The van der Waals surface area contributed by atoms with Crippen LogP contribution in [0.15, 0.2) is 24.3 Å². The van der Waals surface area contributed by atoms with Gasteiger partial charge in [-0.1, -0.05) is 29.8 Å². The van der Waals surface area contributed by atoms with Crippen LogP contribution in [0.1, 0.15) is 24.1 Å². The number of hydrogen-bond acceptors (Lipinski definition) is 3. The second-order valence-corrected chi connectivity index (χ2v) is 6.31. The molecular weight excluding hydrogens is 282 g/mol. The third-order valence-electron chi connectivity index (χ3n) is 4.44. The first-order valence-corrected chi connectivity index (χ1v) is 7.99. The summed E-state index contributed by atoms with van der Waals surface area (Å²) in [7, 11) is 2.17. The molecule has 0 aliphatic carbocycles. The summed E-state index contributed by atoms with van der Waals surface area (Å²) in [4.78, 5) is 7.15. The van der Waals surface area contributed by atoms with Crippen LogP contribution in [-0.4, -0.2) is 36.1 Å². The molecule has 1 unspecified atom stereocenters. The van der Waals surface area contributed by atoms with Crippen molar-refractivity contribution in [1.82, 2.24) is 15.2 Å². The summed E-state index contributed by atoms with van der Waals surface area (Å²) >= 11 is 6.55. The van der Waals surface area contributed by atoms with Crippen molar-refractivity contribution < 1.29 is 0 Å². The van der Waals surface area contributed by atoms with Crippen LogP contribution >= 0.6 is 11.6 Å². The highest BCUT2D eigenvalue weighted by atomic mass is 35.5. The van der Waals surface area contributed by atoms with Gasteiger partial charge in [0, 0.05) is 24.5 Å². The largest absolute Gasteiger partial charge is 0.315 e. The summed E-state index contributed by atoms with van der Waals surface area (Å²) < 4.78 is 0. The third-order valence-corrected chi connectivity index (χ3v) is 4.94. The highest BCUT2D eigenvalue weighted by Gasteiger charge is 2.20. The van der Waals surface area contributed by atoms with Crippen molar-refractivity contribution >= 4 is 22.5 Å². The Bertz CT molecular complexity index is 635. The molecule has 2 heterocycles. The fraction of sp³-hybridized carbons (Fsp3) is 0.471. The maximum absolute atomic E-state index is 6.55. The van der Waals surface area contributed by atoms with E-state index in [-0.39, 0.29) is 0 Å². The number of rotatable bonds is 3. The predicted molar refractivity (Wildman–Crippen MR) is 88.8 cm³/mol. The summed E-state index contributed by atoms with van der Waals surface area (Å²) in [6, 6.07) is 8.78. The molecule has 112 valence electrons. The van der Waals surface area contributed by atoms with Crippen molar-refractivity contribution in [2.24, 2.45) is 0 Å². The molecule has 0 radical (unpaired) electrons. The number of fused-ring (bicyclic) bond motifs is 1. The number of nitrogens with zero attached hydrogens (tertiary/aromatic N) is 2. The molecule has 1 aromatic heterocycles. The van der Waals surface area contributed by atoms with E-state index in [2.05, 4.69) is 36.3 Å². The summed E-state index contributed by atoms with van der Waals surface area (Å²) in [5.74, 6) is 0.